The van der Waals surface area contributed by atoms with E-state index in [1.54, 1.807) is 0 Å². The van der Waals surface area contributed by atoms with Gasteiger partial charge in [-0.3, -0.25) is 4.79 Å². The number of aryl methyl sites for hydroxylation is 1. The summed E-state index contributed by atoms with van der Waals surface area (Å²) in [6.45, 7) is 7.85. The van der Waals surface area contributed by atoms with Crippen molar-refractivity contribution >= 4 is 5.91 Å². The molecular formula is C14H19NO2. The van der Waals surface area contributed by atoms with E-state index >= 15 is 0 Å². The molecule has 1 aromatic rings. The number of ether oxygens (including phenoxy) is 1. The largest absolute Gasteiger partial charge is 0.491 e. The van der Waals surface area contributed by atoms with E-state index in [9.17, 15) is 4.79 Å². The monoisotopic (exact) mass is 233 g/mol. The molecule has 1 rings (SSSR count). The molecule has 1 amide bonds. The molecule has 1 unspecified atom stereocenters. The van der Waals surface area contributed by atoms with Gasteiger partial charge in [-0.15, -0.1) is 0 Å². The molecule has 0 heterocycles. The van der Waals surface area contributed by atoms with E-state index in [-0.39, 0.29) is 11.9 Å². The number of amides is 1. The summed E-state index contributed by atoms with van der Waals surface area (Å²) in [6.07, 6.45) is 2.24. The number of carbonyl (C=O) groups is 1. The number of nitrogens with one attached hydrogen (secondary N) is 1. The smallest absolute Gasteiger partial charge is 0.243 e. The molecule has 92 valence electrons. The fourth-order valence-corrected chi connectivity index (χ4v) is 1.42. The molecular weight excluding hydrogens is 214 g/mol. The maximum absolute atomic E-state index is 11.0. The quantitative estimate of drug-likeness (QED) is 0.766. The van der Waals surface area contributed by atoms with Crippen LogP contribution in [0.3, 0.4) is 0 Å². The lowest BCUT2D eigenvalue weighted by Gasteiger charge is -2.14. The first kappa shape index (κ1) is 13.3. The summed E-state index contributed by atoms with van der Waals surface area (Å²) in [5, 5.41) is 2.75. The Hall–Kier alpha value is -1.77. The highest BCUT2D eigenvalue weighted by Crippen LogP contribution is 2.13. The van der Waals surface area contributed by atoms with Crippen molar-refractivity contribution < 1.29 is 9.53 Å². The van der Waals surface area contributed by atoms with Crippen LogP contribution in [-0.2, 0) is 11.2 Å². The van der Waals surface area contributed by atoms with Crippen LogP contribution in [0, 0.1) is 0 Å². The lowest BCUT2D eigenvalue weighted by molar-refractivity contribution is -0.117. The van der Waals surface area contributed by atoms with E-state index < -0.39 is 0 Å². The van der Waals surface area contributed by atoms with Crippen LogP contribution in [0.25, 0.3) is 0 Å². The van der Waals surface area contributed by atoms with Crippen molar-refractivity contribution in [2.45, 2.75) is 26.3 Å². The lowest BCUT2D eigenvalue weighted by atomic mass is 10.2. The third kappa shape index (κ3) is 4.72. The van der Waals surface area contributed by atoms with Gasteiger partial charge in [0, 0.05) is 0 Å². The van der Waals surface area contributed by atoms with E-state index in [0.717, 1.165) is 12.2 Å². The molecule has 0 radical (unpaired) electrons. The van der Waals surface area contributed by atoms with Crippen molar-refractivity contribution in [3.63, 3.8) is 0 Å². The first-order valence-corrected chi connectivity index (χ1v) is 5.80. The van der Waals surface area contributed by atoms with E-state index in [1.165, 1.54) is 11.6 Å². The van der Waals surface area contributed by atoms with Gasteiger partial charge < -0.3 is 10.1 Å². The summed E-state index contributed by atoms with van der Waals surface area (Å²) in [7, 11) is 0. The number of benzene rings is 1. The van der Waals surface area contributed by atoms with Crippen LogP contribution in [0.2, 0.25) is 0 Å². The fraction of sp³-hybridized carbons (Fsp3) is 0.357. The average molecular weight is 233 g/mol. The van der Waals surface area contributed by atoms with Crippen molar-refractivity contribution in [3.8, 4) is 5.75 Å². The third-order valence-corrected chi connectivity index (χ3v) is 2.38. The minimum atomic E-state index is -0.177. The number of carbonyl (C=O) groups excluding carboxylic acids is 1. The van der Waals surface area contributed by atoms with Crippen LogP contribution in [0.15, 0.2) is 36.9 Å². The molecule has 1 atom stereocenters. The summed E-state index contributed by atoms with van der Waals surface area (Å²) in [4.78, 5) is 11.0. The normalized spacial score (nSPS) is 11.6. The zero-order chi connectivity index (χ0) is 12.7. The SMILES string of the molecule is C=CC(=O)NC(C)COc1cccc(CC)c1. The second kappa shape index (κ2) is 6.74. The molecule has 0 saturated heterocycles. The summed E-state index contributed by atoms with van der Waals surface area (Å²) in [5.74, 6) is 0.660. The first-order chi connectivity index (χ1) is 8.15. The molecule has 0 spiro atoms. The van der Waals surface area contributed by atoms with Gasteiger partial charge in [0.05, 0.1) is 6.04 Å². The minimum Gasteiger partial charge on any atom is -0.491 e. The van der Waals surface area contributed by atoms with Crippen LogP contribution in [0.1, 0.15) is 19.4 Å². The maximum atomic E-state index is 11.0. The second-order valence-corrected chi connectivity index (χ2v) is 3.93. The predicted octanol–water partition coefficient (Wildman–Crippen LogP) is 2.32. The molecule has 0 saturated carbocycles. The van der Waals surface area contributed by atoms with Gasteiger partial charge in [0.2, 0.25) is 5.91 Å². The zero-order valence-electron chi connectivity index (χ0n) is 10.4. The van der Waals surface area contributed by atoms with Crippen molar-refractivity contribution in [3.05, 3.63) is 42.5 Å². The lowest BCUT2D eigenvalue weighted by Crippen LogP contribution is -2.35. The summed E-state index contributed by atoms with van der Waals surface area (Å²) < 4.78 is 5.61. The standard InChI is InChI=1S/C14H19NO2/c1-4-12-7-6-8-13(9-12)17-10-11(3)15-14(16)5-2/h5-9,11H,2,4,10H2,1,3H3,(H,15,16). The van der Waals surface area contributed by atoms with Gasteiger partial charge in [-0.05, 0) is 37.1 Å². The molecule has 3 nitrogen and oxygen atoms in total. The van der Waals surface area contributed by atoms with E-state index in [4.69, 9.17) is 4.74 Å². The van der Waals surface area contributed by atoms with Crippen LogP contribution in [-0.4, -0.2) is 18.6 Å². The molecule has 1 N–H and O–H groups in total. The number of hydrogen-bond acceptors (Lipinski definition) is 2. The van der Waals surface area contributed by atoms with Gasteiger partial charge in [0.25, 0.3) is 0 Å². The van der Waals surface area contributed by atoms with Gasteiger partial charge in [-0.1, -0.05) is 25.6 Å². The van der Waals surface area contributed by atoms with Gasteiger partial charge in [0.1, 0.15) is 12.4 Å². The summed E-state index contributed by atoms with van der Waals surface area (Å²) in [5.41, 5.74) is 1.24. The van der Waals surface area contributed by atoms with Gasteiger partial charge >= 0.3 is 0 Å². The van der Waals surface area contributed by atoms with Crippen LogP contribution in [0.4, 0.5) is 0 Å². The first-order valence-electron chi connectivity index (χ1n) is 5.80. The van der Waals surface area contributed by atoms with Crippen LogP contribution >= 0.6 is 0 Å². The summed E-state index contributed by atoms with van der Waals surface area (Å²) in [6, 6.07) is 7.94. The summed E-state index contributed by atoms with van der Waals surface area (Å²) >= 11 is 0. The molecule has 0 aliphatic heterocycles. The van der Waals surface area contributed by atoms with Crippen molar-refractivity contribution in [1.29, 1.82) is 0 Å². The Labute approximate surface area is 102 Å². The topological polar surface area (TPSA) is 38.3 Å². The molecule has 0 fully saturated rings. The highest BCUT2D eigenvalue weighted by Gasteiger charge is 2.05. The maximum Gasteiger partial charge on any atom is 0.243 e. The van der Waals surface area contributed by atoms with E-state index in [1.807, 2.05) is 25.1 Å². The van der Waals surface area contributed by atoms with Crippen LogP contribution in [0.5, 0.6) is 5.75 Å². The Morgan fingerprint density at radius 3 is 3.00 bits per heavy atom. The highest BCUT2D eigenvalue weighted by atomic mass is 16.5. The molecule has 3 heteroatoms. The van der Waals surface area contributed by atoms with Crippen LogP contribution < -0.4 is 10.1 Å². The van der Waals surface area contributed by atoms with Gasteiger partial charge in [0.15, 0.2) is 0 Å². The Balaban J connectivity index is 2.43. The van der Waals surface area contributed by atoms with Gasteiger partial charge in [-0.25, -0.2) is 0 Å². The molecule has 1 aromatic carbocycles. The Morgan fingerprint density at radius 2 is 2.35 bits per heavy atom. The zero-order valence-corrected chi connectivity index (χ0v) is 10.4. The number of hydrogen-bond donors (Lipinski definition) is 1. The molecule has 0 aromatic heterocycles. The second-order valence-electron chi connectivity index (χ2n) is 3.93. The minimum absolute atomic E-state index is 0.0363. The number of rotatable bonds is 6. The molecule has 0 bridgehead atoms. The van der Waals surface area contributed by atoms with E-state index in [0.29, 0.717) is 6.61 Å². The third-order valence-electron chi connectivity index (χ3n) is 2.38. The average Bonchev–Trinajstić information content (AvgIpc) is 2.36. The fourth-order valence-electron chi connectivity index (χ4n) is 1.42. The predicted molar refractivity (Wildman–Crippen MR) is 69.1 cm³/mol. The molecule has 0 aliphatic rings. The highest BCUT2D eigenvalue weighted by molar-refractivity contribution is 5.87. The Kier molecular flexibility index (Phi) is 5.27. The van der Waals surface area contributed by atoms with Gasteiger partial charge in [-0.2, -0.15) is 0 Å². The Bertz CT molecular complexity index is 388. The van der Waals surface area contributed by atoms with Crippen molar-refractivity contribution in [2.75, 3.05) is 6.61 Å². The van der Waals surface area contributed by atoms with Crippen molar-refractivity contribution in [1.82, 2.24) is 5.32 Å². The van der Waals surface area contributed by atoms with Crippen molar-refractivity contribution in [2.24, 2.45) is 0 Å². The van der Waals surface area contributed by atoms with E-state index in [2.05, 4.69) is 24.9 Å². The molecule has 17 heavy (non-hydrogen) atoms. The molecule has 0 aliphatic carbocycles. The Morgan fingerprint density at radius 1 is 1.59 bits per heavy atom.